The van der Waals surface area contributed by atoms with Gasteiger partial charge >= 0.3 is 0 Å². The molecule has 0 bridgehead atoms. The molecule has 8 heteroatoms. The number of Topliss-reactive ketones (excluding diaryl/α,β-unsaturated/α-hetero) is 1. The number of hydrogen-bond donors (Lipinski definition) is 1. The van der Waals surface area contributed by atoms with E-state index >= 15 is 0 Å². The molecular formula is C24H19N3O5. The molecule has 1 fully saturated rings. The van der Waals surface area contributed by atoms with Gasteiger partial charge in [0.05, 0.1) is 16.2 Å². The first-order valence-electron chi connectivity index (χ1n) is 9.83. The number of aromatic nitrogens is 1. The van der Waals surface area contributed by atoms with Gasteiger partial charge < -0.3 is 5.11 Å². The van der Waals surface area contributed by atoms with Crippen LogP contribution in [0.5, 0.6) is 0 Å². The molecule has 32 heavy (non-hydrogen) atoms. The number of aliphatic hydroxyl groups is 1. The maximum absolute atomic E-state index is 13.1. The number of non-ortho nitro benzene ring substituents is 1. The van der Waals surface area contributed by atoms with Gasteiger partial charge in [-0.3, -0.25) is 29.6 Å². The van der Waals surface area contributed by atoms with Crippen LogP contribution in [0.3, 0.4) is 0 Å². The number of nitro groups is 1. The van der Waals surface area contributed by atoms with Crippen molar-refractivity contribution in [2.45, 2.75) is 19.9 Å². The Kier molecular flexibility index (Phi) is 5.28. The van der Waals surface area contributed by atoms with E-state index in [1.165, 1.54) is 29.2 Å². The minimum Gasteiger partial charge on any atom is -0.507 e. The molecular weight excluding hydrogens is 410 g/mol. The summed E-state index contributed by atoms with van der Waals surface area (Å²) in [6.45, 7) is 3.77. The molecule has 2 aromatic carbocycles. The Morgan fingerprint density at radius 2 is 1.78 bits per heavy atom. The van der Waals surface area contributed by atoms with Gasteiger partial charge in [0.15, 0.2) is 0 Å². The smallest absolute Gasteiger partial charge is 0.300 e. The topological polar surface area (TPSA) is 114 Å². The van der Waals surface area contributed by atoms with Crippen LogP contribution in [-0.2, 0) is 9.59 Å². The predicted octanol–water partition coefficient (Wildman–Crippen LogP) is 4.23. The van der Waals surface area contributed by atoms with Crippen molar-refractivity contribution in [1.82, 2.24) is 4.98 Å². The van der Waals surface area contributed by atoms with Gasteiger partial charge in [-0.25, -0.2) is 0 Å². The molecule has 1 saturated heterocycles. The van der Waals surface area contributed by atoms with E-state index in [2.05, 4.69) is 4.98 Å². The molecule has 0 radical (unpaired) electrons. The Hall–Kier alpha value is -4.33. The number of nitrogens with zero attached hydrogens (tertiary/aromatic N) is 3. The van der Waals surface area contributed by atoms with Crippen LogP contribution >= 0.6 is 0 Å². The van der Waals surface area contributed by atoms with E-state index in [1.54, 1.807) is 30.5 Å². The number of ketones is 1. The summed E-state index contributed by atoms with van der Waals surface area (Å²) in [5, 5.41) is 22.0. The summed E-state index contributed by atoms with van der Waals surface area (Å²) < 4.78 is 0. The van der Waals surface area contributed by atoms with Gasteiger partial charge in [-0.15, -0.1) is 0 Å². The van der Waals surface area contributed by atoms with Crippen molar-refractivity contribution in [2.75, 3.05) is 4.90 Å². The number of carbonyl (C=O) groups is 2. The average Bonchev–Trinajstić information content (AvgIpc) is 3.04. The first kappa shape index (κ1) is 20.9. The van der Waals surface area contributed by atoms with Crippen molar-refractivity contribution in [2.24, 2.45) is 0 Å². The number of amides is 1. The average molecular weight is 429 g/mol. The zero-order chi connectivity index (χ0) is 23.0. The summed E-state index contributed by atoms with van der Waals surface area (Å²) in [4.78, 5) is 42.3. The maximum Gasteiger partial charge on any atom is 0.300 e. The van der Waals surface area contributed by atoms with E-state index in [9.17, 15) is 24.8 Å². The third-order valence-corrected chi connectivity index (χ3v) is 5.38. The third-order valence-electron chi connectivity index (χ3n) is 5.38. The molecule has 1 N–H and O–H groups in total. The van der Waals surface area contributed by atoms with Crippen LogP contribution in [0.4, 0.5) is 11.4 Å². The SMILES string of the molecule is Cc1ccc(N2C(=O)C(=O)/C(=C(/O)c3ccc([N+](=O)[O-])cc3)C2c2ccccn2)c(C)c1. The summed E-state index contributed by atoms with van der Waals surface area (Å²) in [6, 6.07) is 14.8. The molecule has 1 unspecified atom stereocenters. The van der Waals surface area contributed by atoms with Crippen LogP contribution in [0.15, 0.2) is 72.4 Å². The Labute approximate surface area is 183 Å². The molecule has 4 rings (SSSR count). The summed E-state index contributed by atoms with van der Waals surface area (Å²) in [7, 11) is 0. The number of carbonyl (C=O) groups excluding carboxylic acids is 2. The molecule has 1 aliphatic rings. The minimum absolute atomic E-state index is 0.123. The number of rotatable bonds is 4. The highest BCUT2D eigenvalue weighted by Crippen LogP contribution is 2.42. The second-order valence-corrected chi connectivity index (χ2v) is 7.52. The van der Waals surface area contributed by atoms with Crippen molar-refractivity contribution in [3.63, 3.8) is 0 Å². The maximum atomic E-state index is 13.1. The summed E-state index contributed by atoms with van der Waals surface area (Å²) in [5.41, 5.74) is 2.66. The van der Waals surface area contributed by atoms with Crippen molar-refractivity contribution in [3.8, 4) is 0 Å². The van der Waals surface area contributed by atoms with Gasteiger partial charge in [-0.1, -0.05) is 23.8 Å². The van der Waals surface area contributed by atoms with E-state index in [4.69, 9.17) is 0 Å². The molecule has 0 aliphatic carbocycles. The van der Waals surface area contributed by atoms with Crippen LogP contribution in [0.2, 0.25) is 0 Å². The Morgan fingerprint density at radius 1 is 1.06 bits per heavy atom. The first-order valence-corrected chi connectivity index (χ1v) is 9.83. The quantitative estimate of drug-likeness (QED) is 0.218. The second-order valence-electron chi connectivity index (χ2n) is 7.52. The zero-order valence-electron chi connectivity index (χ0n) is 17.4. The number of hydrogen-bond acceptors (Lipinski definition) is 6. The first-order chi connectivity index (χ1) is 15.3. The summed E-state index contributed by atoms with van der Waals surface area (Å²) >= 11 is 0. The number of benzene rings is 2. The molecule has 8 nitrogen and oxygen atoms in total. The fourth-order valence-electron chi connectivity index (χ4n) is 3.87. The van der Waals surface area contributed by atoms with Gasteiger partial charge in [0.1, 0.15) is 11.8 Å². The Bertz CT molecular complexity index is 1270. The van der Waals surface area contributed by atoms with E-state index in [0.717, 1.165) is 11.1 Å². The standard InChI is InChI=1S/C24H19N3O5/c1-14-6-11-19(15(2)13-14)26-21(18-5-3-4-12-25-18)20(23(29)24(26)30)22(28)16-7-9-17(10-8-16)27(31)32/h3-13,21,28H,1-2H3/b22-20+. The molecule has 1 amide bonds. The molecule has 0 saturated carbocycles. The number of nitro benzene ring substituents is 1. The van der Waals surface area contributed by atoms with Gasteiger partial charge in [0.25, 0.3) is 17.4 Å². The largest absolute Gasteiger partial charge is 0.507 e. The van der Waals surface area contributed by atoms with Crippen LogP contribution in [-0.4, -0.2) is 26.7 Å². The van der Waals surface area contributed by atoms with Crippen LogP contribution in [0, 0.1) is 24.0 Å². The van der Waals surface area contributed by atoms with Gasteiger partial charge in [-0.05, 0) is 49.7 Å². The van der Waals surface area contributed by atoms with E-state index in [-0.39, 0.29) is 16.8 Å². The van der Waals surface area contributed by atoms with Gasteiger partial charge in [-0.2, -0.15) is 0 Å². The molecule has 2 heterocycles. The predicted molar refractivity (Wildman–Crippen MR) is 118 cm³/mol. The Morgan fingerprint density at radius 3 is 2.38 bits per heavy atom. The monoisotopic (exact) mass is 429 g/mol. The van der Waals surface area contributed by atoms with Crippen LogP contribution < -0.4 is 4.90 Å². The number of pyridine rings is 1. The number of aliphatic hydroxyl groups excluding tert-OH is 1. The Balaban J connectivity index is 1.92. The fraction of sp³-hybridized carbons (Fsp3) is 0.125. The highest BCUT2D eigenvalue weighted by Gasteiger charge is 2.48. The van der Waals surface area contributed by atoms with Gasteiger partial charge in [0, 0.05) is 29.6 Å². The number of aryl methyl sites for hydroxylation is 2. The molecule has 1 atom stereocenters. The van der Waals surface area contributed by atoms with E-state index < -0.39 is 28.4 Å². The van der Waals surface area contributed by atoms with E-state index in [0.29, 0.717) is 11.4 Å². The molecule has 160 valence electrons. The normalized spacial score (nSPS) is 17.6. The van der Waals surface area contributed by atoms with Crippen molar-refractivity contribution in [3.05, 3.63) is 105 Å². The highest BCUT2D eigenvalue weighted by molar-refractivity contribution is 6.51. The minimum atomic E-state index is -0.951. The summed E-state index contributed by atoms with van der Waals surface area (Å²) in [5.74, 6) is -2.05. The van der Waals surface area contributed by atoms with Crippen molar-refractivity contribution >= 4 is 28.8 Å². The zero-order valence-corrected chi connectivity index (χ0v) is 17.4. The molecule has 3 aromatic rings. The third kappa shape index (κ3) is 3.51. The lowest BCUT2D eigenvalue weighted by Gasteiger charge is -2.26. The van der Waals surface area contributed by atoms with Crippen molar-refractivity contribution < 1.29 is 19.6 Å². The molecule has 1 aromatic heterocycles. The lowest BCUT2D eigenvalue weighted by atomic mass is 9.97. The number of anilines is 1. The van der Waals surface area contributed by atoms with Crippen LogP contribution in [0.25, 0.3) is 5.76 Å². The van der Waals surface area contributed by atoms with Crippen molar-refractivity contribution in [1.29, 1.82) is 0 Å². The lowest BCUT2D eigenvalue weighted by molar-refractivity contribution is -0.384. The lowest BCUT2D eigenvalue weighted by Crippen LogP contribution is -2.30. The molecule has 1 aliphatic heterocycles. The van der Waals surface area contributed by atoms with Crippen LogP contribution in [0.1, 0.15) is 28.4 Å². The molecule has 0 spiro atoms. The highest BCUT2D eigenvalue weighted by atomic mass is 16.6. The van der Waals surface area contributed by atoms with Gasteiger partial charge in [0.2, 0.25) is 0 Å². The second kappa shape index (κ2) is 8.07. The summed E-state index contributed by atoms with van der Waals surface area (Å²) in [6.07, 6.45) is 1.54. The fourth-order valence-corrected chi connectivity index (χ4v) is 3.87. The van der Waals surface area contributed by atoms with E-state index in [1.807, 2.05) is 26.0 Å².